The molecular formula is MnSe2W. The first-order valence-electron chi connectivity index (χ1n) is 0.333. The second-order valence-electron chi connectivity index (χ2n) is 0.0680. The fourth-order valence-electron chi connectivity index (χ4n) is 0. The van der Waals surface area contributed by atoms with Gasteiger partial charge in [0, 0.05) is 17.1 Å². The molecule has 0 aliphatic carbocycles. The Morgan fingerprint density at radius 1 is 1.25 bits per heavy atom. The summed E-state index contributed by atoms with van der Waals surface area (Å²) in [6.07, 6.45) is 0. The summed E-state index contributed by atoms with van der Waals surface area (Å²) in [6.45, 7) is 0. The van der Waals surface area contributed by atoms with Crippen LogP contribution < -0.4 is 0 Å². The van der Waals surface area contributed by atoms with Gasteiger partial charge in [0.25, 0.3) is 0 Å². The minimum atomic E-state index is -0.000000000000000111. The van der Waals surface area contributed by atoms with E-state index in [1.807, 2.05) is 0 Å². The molecule has 0 aromatic carbocycles. The first-order chi connectivity index (χ1) is 1.41. The molecule has 0 rings (SSSR count). The molecule has 4 heavy (non-hydrogen) atoms. The first-order valence-corrected chi connectivity index (χ1v) is 14.2. The maximum atomic E-state index is 2.92. The van der Waals surface area contributed by atoms with Crippen molar-refractivity contribution >= 4 is 25.6 Å². The third-order valence-electron chi connectivity index (χ3n) is 0. The Bertz CT molecular complexity index is 27.0. The van der Waals surface area contributed by atoms with Gasteiger partial charge in [0.1, 0.15) is 0 Å². The van der Waals surface area contributed by atoms with Crippen molar-refractivity contribution in [1.29, 1.82) is 0 Å². The summed E-state index contributed by atoms with van der Waals surface area (Å²) >= 11 is 5.83. The molecule has 1 radical (unpaired) electrons. The summed E-state index contributed by atoms with van der Waals surface area (Å²) in [4.78, 5) is 0. The van der Waals surface area contributed by atoms with Crippen LogP contribution in [0.4, 0.5) is 0 Å². The topological polar surface area (TPSA) is 0 Å². The van der Waals surface area contributed by atoms with E-state index in [1.165, 1.54) is 0 Å². The van der Waals surface area contributed by atoms with Gasteiger partial charge < -0.3 is 0 Å². The third-order valence-corrected chi connectivity index (χ3v) is 0. The molecule has 0 aromatic rings. The summed E-state index contributed by atoms with van der Waals surface area (Å²) in [6, 6.07) is 0. The van der Waals surface area contributed by atoms with Crippen LogP contribution in [0.25, 0.3) is 0 Å². The molecule has 0 atom stereocenters. The van der Waals surface area contributed by atoms with Crippen LogP contribution in [0.2, 0.25) is 0 Å². The molecule has 0 saturated carbocycles. The molecule has 0 spiro atoms. The molecule has 0 aliphatic heterocycles. The molecule has 4 heteroatoms. The average Bonchev–Trinajstić information content (AvgIpc) is 0.918. The Kier molecular flexibility index (Phi) is 21.4. The second-order valence-corrected chi connectivity index (χ2v) is 15.0. The summed E-state index contributed by atoms with van der Waals surface area (Å²) < 4.78 is 0. The van der Waals surface area contributed by atoms with Gasteiger partial charge in [0.05, 0.1) is 0 Å². The van der Waals surface area contributed by atoms with Crippen LogP contribution in [0.3, 0.4) is 0 Å². The summed E-state index contributed by atoms with van der Waals surface area (Å²) in [5.74, 6) is 0. The SMILES string of the molecule is [Mn].[Se]=[W]=[Se]. The zero-order valence-electron chi connectivity index (χ0n) is 1.60. The van der Waals surface area contributed by atoms with Crippen molar-refractivity contribution in [3.05, 3.63) is 0 Å². The predicted octanol–water partition coefficient (Wildman–Crippen LogP) is -0.767. The molecule has 0 saturated heterocycles. The van der Waals surface area contributed by atoms with Crippen molar-refractivity contribution < 1.29 is 30.3 Å². The zero-order valence-corrected chi connectivity index (χ0v) is 9.14. The van der Waals surface area contributed by atoms with Crippen molar-refractivity contribution in [3.63, 3.8) is 0 Å². The quantitative estimate of drug-likeness (QED) is 0.472. The van der Waals surface area contributed by atoms with Crippen LogP contribution in [0, 0.1) is 0 Å². The van der Waals surface area contributed by atoms with Crippen LogP contribution in [-0.4, -0.2) is 25.6 Å². The molecular weight excluding hydrogens is 397 g/mol. The molecule has 0 unspecified atom stereocenters. The van der Waals surface area contributed by atoms with E-state index in [0.717, 1.165) is 0 Å². The van der Waals surface area contributed by atoms with Crippen LogP contribution in [0.5, 0.6) is 0 Å². The van der Waals surface area contributed by atoms with Gasteiger partial charge in [-0.1, -0.05) is 0 Å². The van der Waals surface area contributed by atoms with Crippen LogP contribution in [0.15, 0.2) is 0 Å². The van der Waals surface area contributed by atoms with Gasteiger partial charge in [-0.3, -0.25) is 0 Å². The van der Waals surface area contributed by atoms with E-state index in [9.17, 15) is 0 Å². The summed E-state index contributed by atoms with van der Waals surface area (Å²) in [5, 5.41) is 0. The Hall–Kier alpha value is 2.25. The monoisotopic (exact) mass is 399 g/mol. The summed E-state index contributed by atoms with van der Waals surface area (Å²) in [5.41, 5.74) is 0. The van der Waals surface area contributed by atoms with E-state index in [1.54, 1.807) is 0 Å². The first kappa shape index (κ1) is 9.54. The van der Waals surface area contributed by atoms with Crippen LogP contribution in [-0.2, 0) is 30.3 Å². The molecule has 0 bridgehead atoms. The Morgan fingerprint density at radius 2 is 1.25 bits per heavy atom. The average molecular weight is 397 g/mol. The molecule has 0 amide bonds. The minimum absolute atomic E-state index is 0. The number of rotatable bonds is 0. The molecule has 0 N–H and O–H groups in total. The Balaban J connectivity index is 0. The normalized spacial score (nSPS) is 3.00. The van der Waals surface area contributed by atoms with E-state index in [-0.39, 0.29) is 30.3 Å². The fourth-order valence-corrected chi connectivity index (χ4v) is 0. The molecule has 0 nitrogen and oxygen atoms in total. The van der Waals surface area contributed by atoms with E-state index < -0.39 is 0 Å². The van der Waals surface area contributed by atoms with Crippen molar-refractivity contribution in [2.45, 2.75) is 0 Å². The molecule has 0 heterocycles. The number of hydrogen-bond donors (Lipinski definition) is 0. The van der Waals surface area contributed by atoms with Crippen LogP contribution in [0.1, 0.15) is 0 Å². The second kappa shape index (κ2) is 8.98. The van der Waals surface area contributed by atoms with Gasteiger partial charge in [-0.05, 0) is 0 Å². The molecule has 0 aromatic heterocycles. The summed E-state index contributed by atoms with van der Waals surface area (Å²) in [7, 11) is 0. The maximum absolute atomic E-state index is 2.92. The third kappa shape index (κ3) is 8.87. The van der Waals surface area contributed by atoms with E-state index >= 15 is 0 Å². The predicted molar refractivity (Wildman–Crippen MR) is 11.5 cm³/mol. The molecule has 0 fully saturated rings. The van der Waals surface area contributed by atoms with Crippen LogP contribution >= 0.6 is 0 Å². The van der Waals surface area contributed by atoms with Gasteiger partial charge in [0.2, 0.25) is 0 Å². The van der Waals surface area contributed by atoms with E-state index in [4.69, 9.17) is 0 Å². The fraction of sp³-hybridized carbons (Fsp3) is 0. The molecule has 25 valence electrons. The van der Waals surface area contributed by atoms with Crippen molar-refractivity contribution in [1.82, 2.24) is 0 Å². The van der Waals surface area contributed by atoms with Gasteiger partial charge >= 0.3 is 38.9 Å². The standard InChI is InChI=1S/Mn.2Se.W. The van der Waals surface area contributed by atoms with Gasteiger partial charge in [-0.25, -0.2) is 0 Å². The van der Waals surface area contributed by atoms with Crippen molar-refractivity contribution in [2.75, 3.05) is 0 Å². The Morgan fingerprint density at radius 3 is 1.25 bits per heavy atom. The molecule has 0 aliphatic rings. The van der Waals surface area contributed by atoms with E-state index in [0.29, 0.717) is 0 Å². The van der Waals surface area contributed by atoms with E-state index in [2.05, 4.69) is 25.6 Å². The number of hydrogen-bond acceptors (Lipinski definition) is 0. The van der Waals surface area contributed by atoms with Gasteiger partial charge in [-0.2, -0.15) is 0 Å². The zero-order chi connectivity index (χ0) is 2.71. The van der Waals surface area contributed by atoms with Crippen molar-refractivity contribution in [3.8, 4) is 0 Å². The Labute approximate surface area is 55.2 Å². The van der Waals surface area contributed by atoms with Gasteiger partial charge in [0.15, 0.2) is 0 Å². The van der Waals surface area contributed by atoms with Crippen molar-refractivity contribution in [2.24, 2.45) is 0 Å². The van der Waals surface area contributed by atoms with Gasteiger partial charge in [-0.15, -0.1) is 0 Å².